The molecule has 1 aromatic carbocycles. The number of halogens is 2. The van der Waals surface area contributed by atoms with Crippen molar-refractivity contribution in [1.82, 2.24) is 9.88 Å². The van der Waals surface area contributed by atoms with Crippen LogP contribution in [0.1, 0.15) is 23.3 Å². The zero-order chi connectivity index (χ0) is 17.0. The highest BCUT2D eigenvalue weighted by Gasteiger charge is 2.19. The van der Waals surface area contributed by atoms with Crippen LogP contribution in [0.4, 0.5) is 4.39 Å². The van der Waals surface area contributed by atoms with Crippen LogP contribution in [0, 0.1) is 5.82 Å². The molecule has 0 spiro atoms. The Labute approximate surface area is 140 Å². The Kier molecular flexibility index (Phi) is 5.49. The minimum absolute atomic E-state index is 0.0114. The summed E-state index contributed by atoms with van der Waals surface area (Å²) in [6.07, 6.45) is 1.47. The number of oxazole rings is 1. The second-order valence-electron chi connectivity index (χ2n) is 4.89. The zero-order valence-corrected chi connectivity index (χ0v) is 13.8. The summed E-state index contributed by atoms with van der Waals surface area (Å²) in [5.74, 6) is -1.84. The van der Waals surface area contributed by atoms with E-state index in [0.717, 1.165) is 6.26 Å². The van der Waals surface area contributed by atoms with E-state index in [-0.39, 0.29) is 30.1 Å². The Morgan fingerprint density at radius 2 is 2.17 bits per heavy atom. The topological polar surface area (TPSA) is 83.6 Å². The lowest BCUT2D eigenvalue weighted by atomic mass is 10.2. The molecule has 2 rings (SSSR count). The van der Waals surface area contributed by atoms with Crippen molar-refractivity contribution in [3.8, 4) is 11.5 Å². The van der Waals surface area contributed by atoms with Crippen LogP contribution in [0.3, 0.4) is 0 Å². The van der Waals surface area contributed by atoms with Crippen molar-refractivity contribution in [2.45, 2.75) is 12.8 Å². The average Bonchev–Trinajstić information content (AvgIpc) is 2.95. The van der Waals surface area contributed by atoms with E-state index in [9.17, 15) is 14.0 Å². The van der Waals surface area contributed by atoms with Gasteiger partial charge in [-0.05, 0) is 24.6 Å². The number of amides is 1. The summed E-state index contributed by atoms with van der Waals surface area (Å²) < 4.78 is 19.6. The summed E-state index contributed by atoms with van der Waals surface area (Å²) >= 11 is 3.16. The fourth-order valence-corrected chi connectivity index (χ4v) is 2.26. The van der Waals surface area contributed by atoms with Crippen LogP contribution < -0.4 is 0 Å². The molecule has 0 radical (unpaired) electrons. The number of hydrogen-bond donors (Lipinski definition) is 1. The summed E-state index contributed by atoms with van der Waals surface area (Å²) in [5.41, 5.74) is 0.195. The van der Waals surface area contributed by atoms with Crippen LogP contribution in [-0.4, -0.2) is 40.5 Å². The Morgan fingerprint density at radius 1 is 1.43 bits per heavy atom. The number of carboxylic acids is 1. The Balaban J connectivity index is 2.09. The monoisotopic (exact) mass is 384 g/mol. The third-order valence-electron chi connectivity index (χ3n) is 3.12. The van der Waals surface area contributed by atoms with Crippen molar-refractivity contribution < 1.29 is 23.5 Å². The molecule has 0 fully saturated rings. The second kappa shape index (κ2) is 7.36. The van der Waals surface area contributed by atoms with Crippen LogP contribution in [-0.2, 0) is 4.79 Å². The van der Waals surface area contributed by atoms with Crippen molar-refractivity contribution in [2.24, 2.45) is 0 Å². The van der Waals surface area contributed by atoms with Crippen molar-refractivity contribution in [3.05, 3.63) is 40.4 Å². The molecule has 2 aromatic rings. The number of carbonyl (C=O) groups is 2. The van der Waals surface area contributed by atoms with Gasteiger partial charge in [-0.1, -0.05) is 15.9 Å². The van der Waals surface area contributed by atoms with Gasteiger partial charge in [0.15, 0.2) is 5.69 Å². The van der Waals surface area contributed by atoms with E-state index in [1.54, 1.807) is 13.1 Å². The first kappa shape index (κ1) is 17.1. The van der Waals surface area contributed by atoms with E-state index in [1.807, 2.05) is 0 Å². The largest absolute Gasteiger partial charge is 0.481 e. The highest BCUT2D eigenvalue weighted by molar-refractivity contribution is 9.10. The SMILES string of the molecule is CN(CCCC(=O)O)C(=O)c1coc(-c2ccc(Br)cc2F)n1. The quantitative estimate of drug-likeness (QED) is 0.826. The molecule has 0 aliphatic heterocycles. The minimum atomic E-state index is -0.916. The van der Waals surface area contributed by atoms with Gasteiger partial charge in [0.1, 0.15) is 12.1 Å². The molecular weight excluding hydrogens is 371 g/mol. The Bertz CT molecular complexity index is 732. The molecule has 0 bridgehead atoms. The van der Waals surface area contributed by atoms with Crippen molar-refractivity contribution in [2.75, 3.05) is 13.6 Å². The molecule has 0 saturated carbocycles. The highest BCUT2D eigenvalue weighted by Crippen LogP contribution is 2.25. The van der Waals surface area contributed by atoms with Gasteiger partial charge < -0.3 is 14.4 Å². The molecule has 8 heteroatoms. The van der Waals surface area contributed by atoms with E-state index in [2.05, 4.69) is 20.9 Å². The van der Waals surface area contributed by atoms with E-state index >= 15 is 0 Å². The molecule has 1 heterocycles. The predicted molar refractivity (Wildman–Crippen MR) is 83.4 cm³/mol. The summed E-state index contributed by atoms with van der Waals surface area (Å²) in [4.78, 5) is 28.0. The third-order valence-corrected chi connectivity index (χ3v) is 3.61. The predicted octanol–water partition coefficient (Wildman–Crippen LogP) is 3.18. The number of hydrogen-bond acceptors (Lipinski definition) is 4. The lowest BCUT2D eigenvalue weighted by molar-refractivity contribution is -0.137. The molecule has 0 saturated heterocycles. The first-order valence-corrected chi connectivity index (χ1v) is 7.56. The van der Waals surface area contributed by atoms with Gasteiger partial charge in [-0.15, -0.1) is 0 Å². The van der Waals surface area contributed by atoms with Gasteiger partial charge in [-0.25, -0.2) is 9.37 Å². The molecule has 122 valence electrons. The maximum absolute atomic E-state index is 13.9. The fraction of sp³-hybridized carbons (Fsp3) is 0.267. The molecule has 0 unspecified atom stereocenters. The number of nitrogens with zero attached hydrogens (tertiary/aromatic N) is 2. The van der Waals surface area contributed by atoms with E-state index in [1.165, 1.54) is 17.0 Å². The van der Waals surface area contributed by atoms with Gasteiger partial charge in [0, 0.05) is 24.5 Å². The first-order chi connectivity index (χ1) is 10.9. The summed E-state index contributed by atoms with van der Waals surface area (Å²) in [6, 6.07) is 4.41. The highest BCUT2D eigenvalue weighted by atomic mass is 79.9. The van der Waals surface area contributed by atoms with Gasteiger partial charge >= 0.3 is 5.97 Å². The van der Waals surface area contributed by atoms with E-state index < -0.39 is 17.7 Å². The molecule has 0 aliphatic carbocycles. The molecule has 6 nitrogen and oxygen atoms in total. The van der Waals surface area contributed by atoms with Crippen LogP contribution in [0.2, 0.25) is 0 Å². The number of carbonyl (C=O) groups excluding carboxylic acids is 1. The number of rotatable bonds is 6. The van der Waals surface area contributed by atoms with Gasteiger partial charge in [-0.3, -0.25) is 9.59 Å². The van der Waals surface area contributed by atoms with Gasteiger partial charge in [0.2, 0.25) is 5.89 Å². The number of carboxylic acid groups (broad SMARTS) is 1. The number of aliphatic carboxylic acids is 1. The lowest BCUT2D eigenvalue weighted by Crippen LogP contribution is -2.28. The number of benzene rings is 1. The molecule has 1 amide bonds. The van der Waals surface area contributed by atoms with E-state index in [4.69, 9.17) is 9.52 Å². The summed E-state index contributed by atoms with van der Waals surface area (Å²) in [5, 5.41) is 8.59. The Morgan fingerprint density at radius 3 is 2.83 bits per heavy atom. The molecular formula is C15H14BrFN2O4. The van der Waals surface area contributed by atoms with Crippen molar-refractivity contribution in [3.63, 3.8) is 0 Å². The maximum atomic E-state index is 13.9. The van der Waals surface area contributed by atoms with Crippen molar-refractivity contribution >= 4 is 27.8 Å². The molecule has 0 aliphatic rings. The van der Waals surface area contributed by atoms with Crippen LogP contribution in [0.5, 0.6) is 0 Å². The number of aromatic nitrogens is 1. The van der Waals surface area contributed by atoms with Crippen LogP contribution in [0.25, 0.3) is 11.5 Å². The van der Waals surface area contributed by atoms with Gasteiger partial charge in [-0.2, -0.15) is 0 Å². The zero-order valence-electron chi connectivity index (χ0n) is 12.3. The van der Waals surface area contributed by atoms with Gasteiger partial charge in [0.25, 0.3) is 5.91 Å². The second-order valence-corrected chi connectivity index (χ2v) is 5.80. The maximum Gasteiger partial charge on any atom is 0.303 e. The fourth-order valence-electron chi connectivity index (χ4n) is 1.92. The molecule has 1 N–H and O–H groups in total. The Hall–Kier alpha value is -2.22. The van der Waals surface area contributed by atoms with Crippen LogP contribution in [0.15, 0.2) is 33.4 Å². The third kappa shape index (κ3) is 4.38. The lowest BCUT2D eigenvalue weighted by Gasteiger charge is -2.14. The minimum Gasteiger partial charge on any atom is -0.481 e. The normalized spacial score (nSPS) is 10.6. The molecule has 1 aromatic heterocycles. The standard InChI is InChI=1S/C15H14BrFN2O4/c1-19(6-2-3-13(20)21)15(22)12-8-23-14(18-12)10-5-4-9(16)7-11(10)17/h4-5,7-8H,2-3,6H2,1H3,(H,20,21). The van der Waals surface area contributed by atoms with E-state index in [0.29, 0.717) is 10.9 Å². The van der Waals surface area contributed by atoms with Gasteiger partial charge in [0.05, 0.1) is 5.56 Å². The molecule has 0 atom stereocenters. The smallest absolute Gasteiger partial charge is 0.303 e. The summed E-state index contributed by atoms with van der Waals surface area (Å²) in [7, 11) is 1.54. The average molecular weight is 385 g/mol. The van der Waals surface area contributed by atoms with Crippen molar-refractivity contribution in [1.29, 1.82) is 0 Å². The first-order valence-electron chi connectivity index (χ1n) is 6.76. The van der Waals surface area contributed by atoms with Crippen LogP contribution >= 0.6 is 15.9 Å². The summed E-state index contributed by atoms with van der Waals surface area (Å²) in [6.45, 7) is 0.278. The molecule has 23 heavy (non-hydrogen) atoms.